The minimum atomic E-state index is -0.764. The molecule has 1 aromatic carbocycles. The van der Waals surface area contributed by atoms with Crippen LogP contribution in [0.15, 0.2) is 12.1 Å². The molecule has 0 aliphatic carbocycles. The first-order valence-corrected chi connectivity index (χ1v) is 10.0. The number of halogens is 3. The van der Waals surface area contributed by atoms with Crippen LogP contribution in [0.1, 0.15) is 31.9 Å². The maximum Gasteiger partial charge on any atom is 0.133 e. The van der Waals surface area contributed by atoms with E-state index in [0.29, 0.717) is 0 Å². The highest BCUT2D eigenvalue weighted by atomic mass is 79.9. The van der Waals surface area contributed by atoms with E-state index in [4.69, 9.17) is 0 Å². The Labute approximate surface area is 108 Å². The van der Waals surface area contributed by atoms with E-state index in [-0.39, 0.29) is 11.2 Å². The Morgan fingerprint density at radius 1 is 1.20 bits per heavy atom. The topological polar surface area (TPSA) is 0 Å². The van der Waals surface area contributed by atoms with Gasteiger partial charge in [0, 0.05) is 5.30 Å². The maximum atomic E-state index is 13.8. The van der Waals surface area contributed by atoms with Gasteiger partial charge in [0.2, 0.25) is 0 Å². The van der Waals surface area contributed by atoms with Crippen molar-refractivity contribution in [3.8, 4) is 0 Å². The molecule has 0 fully saturated rings. The zero-order valence-electron chi connectivity index (χ0n) is 9.24. The molecule has 0 bridgehead atoms. The van der Waals surface area contributed by atoms with E-state index in [9.17, 15) is 4.39 Å². The summed E-state index contributed by atoms with van der Waals surface area (Å²) in [5.74, 6) is -0.125. The van der Waals surface area contributed by atoms with Gasteiger partial charge < -0.3 is 0 Å². The highest BCUT2D eigenvalue weighted by Crippen LogP contribution is 2.53. The summed E-state index contributed by atoms with van der Waals surface area (Å²) < 4.78 is 13.8. The van der Waals surface area contributed by atoms with Crippen LogP contribution < -0.4 is 5.30 Å². The van der Waals surface area contributed by atoms with E-state index < -0.39 is 5.33 Å². The molecule has 0 atom stereocenters. The third kappa shape index (κ3) is 3.25. The average molecular weight is 356 g/mol. The Balaban J connectivity index is 3.47. The van der Waals surface area contributed by atoms with Crippen molar-refractivity contribution in [1.29, 1.82) is 0 Å². The molecule has 0 nitrogen and oxygen atoms in total. The molecule has 0 amide bonds. The van der Waals surface area contributed by atoms with Crippen molar-refractivity contribution >= 4 is 41.6 Å². The highest BCUT2D eigenvalue weighted by molar-refractivity contribution is 9.70. The van der Waals surface area contributed by atoms with Crippen LogP contribution in [0, 0.1) is 12.7 Å². The largest absolute Gasteiger partial charge is 0.206 e. The lowest BCUT2D eigenvalue weighted by Gasteiger charge is -2.24. The zero-order valence-corrected chi connectivity index (χ0v) is 13.3. The first kappa shape index (κ1) is 13.6. The molecule has 0 unspecified atom stereocenters. The van der Waals surface area contributed by atoms with Crippen LogP contribution >= 0.6 is 36.3 Å². The lowest BCUT2D eigenvalue weighted by Crippen LogP contribution is -2.22. The van der Waals surface area contributed by atoms with Crippen LogP contribution in [0.4, 0.5) is 4.39 Å². The summed E-state index contributed by atoms with van der Waals surface area (Å²) in [5, 5.41) is 0.00289. The molecular weight excluding hydrogens is 342 g/mol. The third-order valence-corrected chi connectivity index (χ3v) is 5.11. The molecule has 0 radical (unpaired) electrons. The molecule has 0 aliphatic heterocycles. The number of hydrogen-bond donors (Lipinski definition) is 0. The van der Waals surface area contributed by atoms with Gasteiger partial charge in [-0.1, -0.05) is 26.8 Å². The molecule has 4 heteroatoms. The summed E-state index contributed by atoms with van der Waals surface area (Å²) in [5.41, 5.74) is 2.00. The zero-order chi connectivity index (χ0) is 11.8. The van der Waals surface area contributed by atoms with Crippen molar-refractivity contribution < 1.29 is 4.39 Å². The van der Waals surface area contributed by atoms with Crippen molar-refractivity contribution in [3.05, 3.63) is 29.1 Å². The van der Waals surface area contributed by atoms with E-state index in [2.05, 4.69) is 57.8 Å². The van der Waals surface area contributed by atoms with E-state index in [1.165, 1.54) is 0 Å². The van der Waals surface area contributed by atoms with Gasteiger partial charge in [-0.3, -0.25) is 0 Å². The minimum absolute atomic E-state index is 0.0374. The summed E-state index contributed by atoms with van der Waals surface area (Å²) >= 11 is 6.89. The molecule has 1 rings (SSSR count). The van der Waals surface area contributed by atoms with Crippen molar-refractivity contribution in [2.75, 3.05) is 0 Å². The Morgan fingerprint density at radius 2 is 1.73 bits per heavy atom. The first-order chi connectivity index (χ1) is 6.73. The molecule has 0 N–H and O–H groups in total. The van der Waals surface area contributed by atoms with E-state index >= 15 is 0 Å². The Kier molecular flexibility index (Phi) is 4.36. The van der Waals surface area contributed by atoms with Crippen LogP contribution in [0.25, 0.3) is 0 Å². The van der Waals surface area contributed by atoms with Crippen LogP contribution in [-0.4, -0.2) is 0 Å². The second-order valence-electron chi connectivity index (χ2n) is 4.63. The lowest BCUT2D eigenvalue weighted by atomic mass is 9.86. The van der Waals surface area contributed by atoms with Crippen molar-refractivity contribution in [1.82, 2.24) is 0 Å². The van der Waals surface area contributed by atoms with E-state index in [1.54, 1.807) is 6.07 Å². The van der Waals surface area contributed by atoms with Gasteiger partial charge in [-0.25, -0.2) is 4.39 Å². The summed E-state index contributed by atoms with van der Waals surface area (Å²) in [7, 11) is 0. The molecule has 0 aliphatic rings. The summed E-state index contributed by atoms with van der Waals surface area (Å²) in [6.45, 7) is 8.23. The number of aryl methyl sites for hydroxylation is 1. The fourth-order valence-corrected chi connectivity index (χ4v) is 4.45. The Bertz CT molecular complexity index is 370. The van der Waals surface area contributed by atoms with Gasteiger partial charge in [0.05, 0.1) is 5.33 Å². The predicted molar refractivity (Wildman–Crippen MR) is 74.2 cm³/mol. The molecule has 0 heterocycles. The van der Waals surface area contributed by atoms with E-state index in [1.807, 2.05) is 6.92 Å². The second-order valence-corrected chi connectivity index (χ2v) is 12.6. The van der Waals surface area contributed by atoms with E-state index in [0.717, 1.165) is 16.4 Å². The summed E-state index contributed by atoms with van der Waals surface area (Å²) in [6, 6.07) is 3.65. The molecule has 0 saturated carbocycles. The predicted octanol–water partition coefficient (Wildman–Crippen LogP) is 5.16. The first-order valence-electron chi connectivity index (χ1n) is 4.66. The molecule has 0 saturated heterocycles. The molecule has 15 heavy (non-hydrogen) atoms. The van der Waals surface area contributed by atoms with Gasteiger partial charge in [-0.05, 0) is 60.5 Å². The van der Waals surface area contributed by atoms with Crippen LogP contribution in [-0.2, 0) is 5.41 Å². The van der Waals surface area contributed by atoms with Crippen molar-refractivity contribution in [2.24, 2.45) is 0 Å². The standard InChI is InChI=1S/C11H14Br2FP/c1-7-5-8(11(2,3)4)10(15(12)13)9(14)6-7/h5-6H,1-4H3. The Morgan fingerprint density at radius 3 is 2.13 bits per heavy atom. The smallest absolute Gasteiger partial charge is 0.133 e. The minimum Gasteiger partial charge on any atom is -0.206 e. The normalized spacial score (nSPS) is 12.3. The lowest BCUT2D eigenvalue weighted by molar-refractivity contribution is 0.580. The van der Waals surface area contributed by atoms with Crippen molar-refractivity contribution in [2.45, 2.75) is 33.1 Å². The number of benzene rings is 1. The van der Waals surface area contributed by atoms with Crippen LogP contribution in [0.5, 0.6) is 0 Å². The third-order valence-electron chi connectivity index (χ3n) is 2.18. The van der Waals surface area contributed by atoms with Crippen LogP contribution in [0.2, 0.25) is 0 Å². The monoisotopic (exact) mass is 354 g/mol. The van der Waals surface area contributed by atoms with Gasteiger partial charge in [0.25, 0.3) is 0 Å². The molecule has 0 aromatic heterocycles. The van der Waals surface area contributed by atoms with Gasteiger partial charge in [-0.15, -0.1) is 0 Å². The second kappa shape index (κ2) is 4.81. The van der Waals surface area contributed by atoms with Gasteiger partial charge in [0.15, 0.2) is 0 Å². The maximum absolute atomic E-state index is 13.8. The molecule has 0 spiro atoms. The fraction of sp³-hybridized carbons (Fsp3) is 0.455. The van der Waals surface area contributed by atoms with Crippen molar-refractivity contribution in [3.63, 3.8) is 0 Å². The fourth-order valence-electron chi connectivity index (χ4n) is 1.48. The highest BCUT2D eigenvalue weighted by Gasteiger charge is 2.24. The quantitative estimate of drug-likeness (QED) is 0.610. The van der Waals surface area contributed by atoms with Gasteiger partial charge in [0.1, 0.15) is 5.82 Å². The SMILES string of the molecule is Cc1cc(F)c(P(Br)Br)c(C(C)(C)C)c1. The molecular formula is C11H14Br2FP. The average Bonchev–Trinajstić information content (AvgIpc) is 1.99. The van der Waals surface area contributed by atoms with Gasteiger partial charge >= 0.3 is 0 Å². The number of rotatable bonds is 1. The molecule has 84 valence electrons. The Hall–Kier alpha value is 0.540. The summed E-state index contributed by atoms with van der Waals surface area (Å²) in [4.78, 5) is 0. The van der Waals surface area contributed by atoms with Gasteiger partial charge in [-0.2, -0.15) is 0 Å². The number of hydrogen-bond acceptors (Lipinski definition) is 0. The molecule has 1 aromatic rings. The van der Waals surface area contributed by atoms with Crippen LogP contribution in [0.3, 0.4) is 0 Å². The summed E-state index contributed by atoms with van der Waals surface area (Å²) in [6.07, 6.45) is 0.